The quantitative estimate of drug-likeness (QED) is 0.513. The maximum Gasteiger partial charge on any atom is 0.336 e. The molecule has 6 nitrogen and oxygen atoms in total. The molecule has 2 atom stereocenters. The number of ether oxygens (including phenoxy) is 2. The molecule has 1 saturated heterocycles. The van der Waals surface area contributed by atoms with Crippen LogP contribution in [0.5, 0.6) is 0 Å². The molecule has 100 valence electrons. The largest absolute Gasteiger partial charge is 0.461 e. The van der Waals surface area contributed by atoms with E-state index in [2.05, 4.69) is 4.18 Å². The molecule has 1 unspecified atom stereocenters. The van der Waals surface area contributed by atoms with Crippen LogP contribution in [0.4, 0.5) is 0 Å². The van der Waals surface area contributed by atoms with Crippen molar-refractivity contribution in [3.63, 3.8) is 0 Å². The van der Waals surface area contributed by atoms with E-state index in [4.69, 9.17) is 9.47 Å². The molecule has 0 spiro atoms. The third-order valence-corrected chi connectivity index (χ3v) is 3.70. The normalized spacial score (nSPS) is 22.4. The van der Waals surface area contributed by atoms with Crippen LogP contribution in [-0.2, 0) is 28.6 Å². The van der Waals surface area contributed by atoms with Crippen molar-refractivity contribution in [3.8, 4) is 0 Å². The summed E-state index contributed by atoms with van der Waals surface area (Å²) in [6.07, 6.45) is 0.629. The Balaban J connectivity index is 2.31. The highest BCUT2D eigenvalue weighted by molar-refractivity contribution is 7.86. The van der Waals surface area contributed by atoms with E-state index in [1.54, 1.807) is 0 Å². The lowest BCUT2D eigenvalue weighted by molar-refractivity contribution is -0.154. The van der Waals surface area contributed by atoms with Gasteiger partial charge in [0.15, 0.2) is 6.10 Å². The minimum atomic E-state index is -3.63. The minimum Gasteiger partial charge on any atom is -0.461 e. The lowest BCUT2D eigenvalue weighted by Crippen LogP contribution is -2.29. The third-order valence-electron chi connectivity index (χ3n) is 2.41. The maximum atomic E-state index is 11.4. The van der Waals surface area contributed by atoms with Crippen molar-refractivity contribution in [2.24, 2.45) is 0 Å². The molecule has 7 heteroatoms. The Bertz CT molecular complexity index is 344. The second-order valence-electron chi connectivity index (χ2n) is 3.85. The molecule has 0 N–H and O–H groups in total. The van der Waals surface area contributed by atoms with Gasteiger partial charge in [-0.25, -0.2) is 4.79 Å². The number of esters is 1. The van der Waals surface area contributed by atoms with Gasteiger partial charge in [0.25, 0.3) is 10.1 Å². The number of hydrogen-bond acceptors (Lipinski definition) is 6. The predicted molar refractivity (Wildman–Crippen MR) is 59.9 cm³/mol. The van der Waals surface area contributed by atoms with Crippen molar-refractivity contribution in [1.29, 1.82) is 0 Å². The van der Waals surface area contributed by atoms with Gasteiger partial charge in [-0.2, -0.15) is 8.42 Å². The number of rotatable bonds is 6. The van der Waals surface area contributed by atoms with Gasteiger partial charge in [0.05, 0.1) is 11.9 Å². The Hall–Kier alpha value is -0.660. The minimum absolute atomic E-state index is 0.0751. The van der Waals surface area contributed by atoms with Gasteiger partial charge in [0, 0.05) is 6.61 Å². The highest BCUT2D eigenvalue weighted by Gasteiger charge is 2.24. The van der Waals surface area contributed by atoms with Gasteiger partial charge in [-0.3, -0.25) is 4.18 Å². The Morgan fingerprint density at radius 3 is 2.76 bits per heavy atom. The summed E-state index contributed by atoms with van der Waals surface area (Å²) in [4.78, 5) is 11.4. The molecule has 0 bridgehead atoms. The zero-order valence-corrected chi connectivity index (χ0v) is 10.9. The van der Waals surface area contributed by atoms with Crippen LogP contribution in [0.25, 0.3) is 0 Å². The molecule has 0 aromatic rings. The highest BCUT2D eigenvalue weighted by Crippen LogP contribution is 2.12. The molecule has 1 fully saturated rings. The topological polar surface area (TPSA) is 78.9 Å². The van der Waals surface area contributed by atoms with E-state index in [9.17, 15) is 13.2 Å². The first kappa shape index (κ1) is 14.4. The van der Waals surface area contributed by atoms with E-state index in [1.807, 2.05) is 0 Å². The van der Waals surface area contributed by atoms with Crippen molar-refractivity contribution < 1.29 is 26.9 Å². The van der Waals surface area contributed by atoms with Gasteiger partial charge in [0.1, 0.15) is 6.61 Å². The van der Waals surface area contributed by atoms with Crippen molar-refractivity contribution in [2.45, 2.75) is 38.9 Å². The molecule has 0 saturated carbocycles. The van der Waals surface area contributed by atoms with Crippen molar-refractivity contribution in [3.05, 3.63) is 0 Å². The average Bonchev–Trinajstić information content (AvgIpc) is 2.78. The smallest absolute Gasteiger partial charge is 0.336 e. The van der Waals surface area contributed by atoms with Crippen molar-refractivity contribution in [2.75, 3.05) is 19.0 Å². The SMILES string of the molecule is CCS(=O)(=O)O[C@@H](C)C(=O)OCC1CCCO1. The lowest BCUT2D eigenvalue weighted by atomic mass is 10.2. The maximum absolute atomic E-state index is 11.4. The van der Waals surface area contributed by atoms with Gasteiger partial charge < -0.3 is 9.47 Å². The highest BCUT2D eigenvalue weighted by atomic mass is 32.2. The van der Waals surface area contributed by atoms with Crippen LogP contribution >= 0.6 is 0 Å². The summed E-state index contributed by atoms with van der Waals surface area (Å²) in [6, 6.07) is 0. The summed E-state index contributed by atoms with van der Waals surface area (Å²) >= 11 is 0. The van der Waals surface area contributed by atoms with E-state index in [0.717, 1.165) is 12.8 Å². The Labute approximate surface area is 101 Å². The average molecular weight is 266 g/mol. The zero-order chi connectivity index (χ0) is 12.9. The van der Waals surface area contributed by atoms with Gasteiger partial charge in [0.2, 0.25) is 0 Å². The van der Waals surface area contributed by atoms with Crippen LogP contribution in [0.15, 0.2) is 0 Å². The van der Waals surface area contributed by atoms with Crippen LogP contribution in [-0.4, -0.2) is 45.6 Å². The third kappa shape index (κ3) is 5.01. The van der Waals surface area contributed by atoms with Gasteiger partial charge in [-0.15, -0.1) is 0 Å². The second kappa shape index (κ2) is 6.32. The Kier molecular flexibility index (Phi) is 5.35. The summed E-state index contributed by atoms with van der Waals surface area (Å²) < 4.78 is 37.1. The van der Waals surface area contributed by atoms with Gasteiger partial charge in [-0.05, 0) is 26.7 Å². The summed E-state index contributed by atoms with van der Waals surface area (Å²) in [6.45, 7) is 3.63. The molecular weight excluding hydrogens is 248 g/mol. The monoisotopic (exact) mass is 266 g/mol. The first-order valence-corrected chi connectivity index (χ1v) is 7.21. The summed E-state index contributed by atoms with van der Waals surface area (Å²) in [7, 11) is -3.63. The molecule has 0 aromatic carbocycles. The molecule has 1 rings (SSSR count). The fraction of sp³-hybridized carbons (Fsp3) is 0.900. The van der Waals surface area contributed by atoms with Gasteiger partial charge in [-0.1, -0.05) is 0 Å². The van der Waals surface area contributed by atoms with Crippen LogP contribution < -0.4 is 0 Å². The summed E-state index contributed by atoms with van der Waals surface area (Å²) in [5, 5.41) is 0. The lowest BCUT2D eigenvalue weighted by Gasteiger charge is -2.14. The Morgan fingerprint density at radius 2 is 2.24 bits per heavy atom. The fourth-order valence-corrected chi connectivity index (χ4v) is 2.05. The summed E-state index contributed by atoms with van der Waals surface area (Å²) in [5.41, 5.74) is 0. The number of hydrogen-bond donors (Lipinski definition) is 0. The standard InChI is InChI=1S/C10H18O6S/c1-3-17(12,13)16-8(2)10(11)15-7-9-5-4-6-14-9/h8-9H,3-7H2,1-2H3/t8-,9?/m0/s1. The van der Waals surface area contributed by atoms with Crippen LogP contribution in [0.1, 0.15) is 26.7 Å². The van der Waals surface area contributed by atoms with E-state index in [1.165, 1.54) is 13.8 Å². The Morgan fingerprint density at radius 1 is 1.53 bits per heavy atom. The van der Waals surface area contributed by atoms with Crippen LogP contribution in [0.3, 0.4) is 0 Å². The van der Waals surface area contributed by atoms with E-state index in [-0.39, 0.29) is 18.5 Å². The number of carbonyl (C=O) groups is 1. The van der Waals surface area contributed by atoms with Crippen LogP contribution in [0.2, 0.25) is 0 Å². The first-order valence-electron chi connectivity index (χ1n) is 5.64. The molecule has 0 aromatic heterocycles. The number of carbonyl (C=O) groups excluding carboxylic acids is 1. The molecule has 0 amide bonds. The predicted octanol–water partition coefficient (Wildman–Crippen LogP) is 0.463. The molecule has 1 aliphatic heterocycles. The molecule has 1 heterocycles. The molecule has 0 radical (unpaired) electrons. The van der Waals surface area contributed by atoms with Crippen molar-refractivity contribution >= 4 is 16.1 Å². The first-order chi connectivity index (χ1) is 7.94. The van der Waals surface area contributed by atoms with Crippen molar-refractivity contribution in [1.82, 2.24) is 0 Å². The molecular formula is C10H18O6S. The van der Waals surface area contributed by atoms with Crippen LogP contribution in [0, 0.1) is 0 Å². The second-order valence-corrected chi connectivity index (χ2v) is 5.74. The van der Waals surface area contributed by atoms with E-state index >= 15 is 0 Å². The van der Waals surface area contributed by atoms with E-state index < -0.39 is 22.2 Å². The zero-order valence-electron chi connectivity index (χ0n) is 10.0. The summed E-state index contributed by atoms with van der Waals surface area (Å²) in [5.74, 6) is -0.853. The molecule has 1 aliphatic rings. The fourth-order valence-electron chi connectivity index (χ4n) is 1.40. The molecule has 0 aliphatic carbocycles. The molecule has 17 heavy (non-hydrogen) atoms. The van der Waals surface area contributed by atoms with Gasteiger partial charge >= 0.3 is 5.97 Å². The van der Waals surface area contributed by atoms with E-state index in [0.29, 0.717) is 6.61 Å².